The van der Waals surface area contributed by atoms with Crippen LogP contribution in [-0.2, 0) is 4.79 Å². The van der Waals surface area contributed by atoms with Crippen molar-refractivity contribution in [3.8, 4) is 28.4 Å². The fourth-order valence-corrected chi connectivity index (χ4v) is 4.98. The number of methoxy groups -OCH3 is 1. The van der Waals surface area contributed by atoms with Gasteiger partial charge in [0.15, 0.2) is 11.4 Å². The average molecular weight is 504 g/mol. The Balaban J connectivity index is 1.38. The number of hydrogen-bond donors (Lipinski definition) is 1. The quantitative estimate of drug-likeness (QED) is 0.409. The predicted octanol–water partition coefficient (Wildman–Crippen LogP) is 2.98. The number of nitrogens with one attached hydrogen (secondary N) is 1. The number of aromatic amines is 1. The van der Waals surface area contributed by atoms with Crippen LogP contribution in [0.1, 0.15) is 49.8 Å². The fourth-order valence-electron chi connectivity index (χ4n) is 4.98. The number of likely N-dealkylation sites (N-methyl/N-ethyl adjacent to an activating group) is 1. The van der Waals surface area contributed by atoms with Crippen LogP contribution in [0.4, 0.5) is 0 Å². The molecule has 11 nitrogen and oxygen atoms in total. The molecule has 0 saturated carbocycles. The minimum Gasteiger partial charge on any atom is -0.493 e. The second-order valence-electron chi connectivity index (χ2n) is 10.1. The summed E-state index contributed by atoms with van der Waals surface area (Å²) in [6.45, 7) is 6.22. The first-order valence-electron chi connectivity index (χ1n) is 12.6. The van der Waals surface area contributed by atoms with Gasteiger partial charge in [0.2, 0.25) is 5.91 Å². The number of rotatable bonds is 7. The first-order chi connectivity index (χ1) is 17.9. The number of amides is 1. The van der Waals surface area contributed by atoms with Crippen LogP contribution in [-0.4, -0.2) is 91.3 Å². The second-order valence-corrected chi connectivity index (χ2v) is 10.1. The summed E-state index contributed by atoms with van der Waals surface area (Å²) in [7, 11) is 5.46. The fraction of sp³-hybridized carbons (Fsp3) is 0.462. The summed E-state index contributed by atoms with van der Waals surface area (Å²) in [5, 5.41) is 12.1. The van der Waals surface area contributed by atoms with Gasteiger partial charge in [0.05, 0.1) is 36.9 Å². The van der Waals surface area contributed by atoms with E-state index in [-0.39, 0.29) is 11.8 Å². The van der Waals surface area contributed by atoms with E-state index in [1.54, 1.807) is 11.6 Å². The monoisotopic (exact) mass is 503 g/mol. The molecule has 0 bridgehead atoms. The highest BCUT2D eigenvalue weighted by Crippen LogP contribution is 2.36. The normalized spacial score (nSPS) is 14.7. The van der Waals surface area contributed by atoms with Crippen LogP contribution >= 0.6 is 0 Å². The molecule has 0 aromatic carbocycles. The Kier molecular flexibility index (Phi) is 6.88. The molecule has 0 aliphatic carbocycles. The number of piperidine rings is 1. The van der Waals surface area contributed by atoms with E-state index in [1.165, 1.54) is 6.33 Å². The topological polar surface area (TPSA) is 117 Å². The van der Waals surface area contributed by atoms with Crippen molar-refractivity contribution in [2.24, 2.45) is 0 Å². The third-order valence-electron chi connectivity index (χ3n) is 6.86. The number of H-pyrrole nitrogens is 1. The highest BCUT2D eigenvalue weighted by molar-refractivity contribution is 5.78. The number of aromatic nitrogens is 7. The molecule has 1 fully saturated rings. The van der Waals surface area contributed by atoms with E-state index in [1.807, 2.05) is 48.6 Å². The van der Waals surface area contributed by atoms with Gasteiger partial charge in [-0.1, -0.05) is 13.8 Å². The summed E-state index contributed by atoms with van der Waals surface area (Å²) in [5.74, 6) is 1.30. The van der Waals surface area contributed by atoms with Gasteiger partial charge < -0.3 is 14.5 Å². The van der Waals surface area contributed by atoms with Gasteiger partial charge in [0.1, 0.15) is 12.0 Å². The lowest BCUT2D eigenvalue weighted by molar-refractivity contribution is -0.132. The standard InChI is InChI=1S/C26H33N9O2/c1-16(2)23-24(18-10-21(37-5)26-29-15-30-35(26)13-18)31-32-25(23)20-12-27-19(11-28-20)17-6-8-34(9-7-17)22(36)14-33(3)4/h10-13,15-17H,6-9,14H2,1-5H3,(H,31,32). The van der Waals surface area contributed by atoms with E-state index in [4.69, 9.17) is 14.7 Å². The van der Waals surface area contributed by atoms with Crippen molar-refractivity contribution < 1.29 is 9.53 Å². The lowest BCUT2D eigenvalue weighted by Gasteiger charge is -2.32. The summed E-state index contributed by atoms with van der Waals surface area (Å²) in [6.07, 6.45) is 8.89. The molecular weight excluding hydrogens is 470 g/mol. The third-order valence-corrected chi connectivity index (χ3v) is 6.86. The van der Waals surface area contributed by atoms with E-state index >= 15 is 0 Å². The molecule has 1 amide bonds. The van der Waals surface area contributed by atoms with Gasteiger partial charge in [0.25, 0.3) is 0 Å². The summed E-state index contributed by atoms with van der Waals surface area (Å²) in [4.78, 5) is 30.0. The van der Waals surface area contributed by atoms with Gasteiger partial charge in [-0.25, -0.2) is 9.50 Å². The third kappa shape index (κ3) is 4.91. The molecule has 0 spiro atoms. The van der Waals surface area contributed by atoms with Gasteiger partial charge in [-0.15, -0.1) is 0 Å². The Morgan fingerprint density at radius 3 is 2.62 bits per heavy atom. The zero-order valence-corrected chi connectivity index (χ0v) is 22.0. The number of carbonyl (C=O) groups excluding carboxylic acids is 1. The molecule has 4 aromatic heterocycles. The number of hydrogen-bond acceptors (Lipinski definition) is 8. The van der Waals surface area contributed by atoms with Crippen LogP contribution in [0.25, 0.3) is 28.3 Å². The van der Waals surface area contributed by atoms with Crippen LogP contribution in [0.2, 0.25) is 0 Å². The van der Waals surface area contributed by atoms with E-state index in [2.05, 4.69) is 34.1 Å². The predicted molar refractivity (Wildman–Crippen MR) is 139 cm³/mol. The molecule has 0 radical (unpaired) electrons. The summed E-state index contributed by atoms with van der Waals surface area (Å²) < 4.78 is 7.23. The molecule has 4 aromatic rings. The number of likely N-dealkylation sites (tertiary alicyclic amines) is 1. The molecule has 194 valence electrons. The summed E-state index contributed by atoms with van der Waals surface area (Å²) >= 11 is 0. The van der Waals surface area contributed by atoms with Crippen molar-refractivity contribution in [1.82, 2.24) is 44.6 Å². The first-order valence-corrected chi connectivity index (χ1v) is 12.6. The average Bonchev–Trinajstić information content (AvgIpc) is 3.55. The Hall–Kier alpha value is -3.86. The Bertz CT molecular complexity index is 1380. The molecule has 1 saturated heterocycles. The van der Waals surface area contributed by atoms with Gasteiger partial charge >= 0.3 is 0 Å². The van der Waals surface area contributed by atoms with E-state index < -0.39 is 0 Å². The van der Waals surface area contributed by atoms with Crippen LogP contribution in [0.15, 0.2) is 31.0 Å². The second kappa shape index (κ2) is 10.3. The molecular formula is C26H33N9O2. The molecule has 5 heterocycles. The minimum atomic E-state index is 0.182. The highest BCUT2D eigenvalue weighted by atomic mass is 16.5. The van der Waals surface area contributed by atoms with Crippen molar-refractivity contribution in [3.63, 3.8) is 0 Å². The number of pyridine rings is 1. The van der Waals surface area contributed by atoms with E-state index in [0.29, 0.717) is 23.9 Å². The Morgan fingerprint density at radius 2 is 1.97 bits per heavy atom. The van der Waals surface area contributed by atoms with E-state index in [9.17, 15) is 4.79 Å². The van der Waals surface area contributed by atoms with Crippen molar-refractivity contribution in [1.29, 1.82) is 0 Å². The minimum absolute atomic E-state index is 0.182. The van der Waals surface area contributed by atoms with Gasteiger partial charge in [0, 0.05) is 42.5 Å². The number of fused-ring (bicyclic) bond motifs is 1. The molecule has 5 rings (SSSR count). The zero-order chi connectivity index (χ0) is 26.1. The lowest BCUT2D eigenvalue weighted by Crippen LogP contribution is -2.42. The van der Waals surface area contributed by atoms with Gasteiger partial charge in [-0.05, 0) is 38.9 Å². The van der Waals surface area contributed by atoms with Crippen molar-refractivity contribution in [2.75, 3.05) is 40.8 Å². The maximum atomic E-state index is 12.4. The van der Waals surface area contributed by atoms with E-state index in [0.717, 1.165) is 59.8 Å². The molecule has 11 heteroatoms. The van der Waals surface area contributed by atoms with Crippen LogP contribution in [0.3, 0.4) is 0 Å². The first kappa shape index (κ1) is 24.8. The molecule has 37 heavy (non-hydrogen) atoms. The van der Waals surface area contributed by atoms with Crippen molar-refractivity contribution >= 4 is 11.6 Å². The molecule has 0 unspecified atom stereocenters. The van der Waals surface area contributed by atoms with Gasteiger partial charge in [-0.2, -0.15) is 10.2 Å². The molecule has 1 aliphatic heterocycles. The number of nitrogens with zero attached hydrogens (tertiary/aromatic N) is 8. The summed E-state index contributed by atoms with van der Waals surface area (Å²) in [6, 6.07) is 1.93. The number of carbonyl (C=O) groups is 1. The zero-order valence-electron chi connectivity index (χ0n) is 22.0. The summed E-state index contributed by atoms with van der Waals surface area (Å²) in [5.41, 5.74) is 5.97. The van der Waals surface area contributed by atoms with Crippen molar-refractivity contribution in [3.05, 3.63) is 42.2 Å². The Labute approximate surface area is 215 Å². The smallest absolute Gasteiger partial charge is 0.236 e. The molecule has 0 atom stereocenters. The largest absolute Gasteiger partial charge is 0.493 e. The maximum Gasteiger partial charge on any atom is 0.236 e. The van der Waals surface area contributed by atoms with Gasteiger partial charge in [-0.3, -0.25) is 19.9 Å². The molecule has 1 aliphatic rings. The van der Waals surface area contributed by atoms with Crippen LogP contribution < -0.4 is 4.74 Å². The lowest BCUT2D eigenvalue weighted by atomic mass is 9.93. The van der Waals surface area contributed by atoms with Crippen LogP contribution in [0, 0.1) is 0 Å². The van der Waals surface area contributed by atoms with Crippen molar-refractivity contribution in [2.45, 2.75) is 38.5 Å². The SMILES string of the molecule is COc1cc(-c2n[nH]c(-c3cnc(C4CCN(C(=O)CN(C)C)CC4)cn3)c2C(C)C)cn2ncnc12. The number of ether oxygens (including phenoxy) is 1. The highest BCUT2D eigenvalue weighted by Gasteiger charge is 2.26. The molecule has 1 N–H and O–H groups in total. The maximum absolute atomic E-state index is 12.4. The van der Waals surface area contributed by atoms with Crippen LogP contribution in [0.5, 0.6) is 5.75 Å². The Morgan fingerprint density at radius 1 is 1.19 bits per heavy atom.